The van der Waals surface area contributed by atoms with Crippen LogP contribution in [-0.4, -0.2) is 59.3 Å². The predicted octanol–water partition coefficient (Wildman–Crippen LogP) is 7.19. The Bertz CT molecular complexity index is 1990. The van der Waals surface area contributed by atoms with Gasteiger partial charge in [-0.1, -0.05) is 42.8 Å². The largest absolute Gasteiger partial charge is 0.490 e. The lowest BCUT2D eigenvalue weighted by atomic mass is 9.68. The monoisotopic (exact) mass is 710 g/mol. The summed E-state index contributed by atoms with van der Waals surface area (Å²) in [4.78, 5) is 30.0. The smallest absolute Gasteiger partial charge is 0.286 e. The number of benzene rings is 2. The lowest BCUT2D eigenvalue weighted by molar-refractivity contribution is 0.0131. The van der Waals surface area contributed by atoms with Gasteiger partial charge in [-0.15, -0.1) is 4.36 Å². The van der Waals surface area contributed by atoms with Crippen molar-refractivity contribution in [1.82, 2.24) is 9.29 Å². The van der Waals surface area contributed by atoms with E-state index in [1.165, 1.54) is 16.7 Å². The van der Waals surface area contributed by atoms with Crippen LogP contribution in [0.15, 0.2) is 71.4 Å². The van der Waals surface area contributed by atoms with Crippen molar-refractivity contribution < 1.29 is 23.3 Å². The maximum absolute atomic E-state index is 14.6. The SMILES string of the molecule is CO[C@H]1/C=C/C[C@H](C)CS(=O)(NC(=O)c2ccn(C3CC3)c2)=NC(=O)c2ccc3c(c2)N(C[C@@H]2CC[C@H]21)C[C@@]1(CCCc2cc(C)ccc21)CO3. The topological polar surface area (TPSA) is 102 Å². The van der Waals surface area contributed by atoms with Gasteiger partial charge in [0, 0.05) is 49.6 Å². The van der Waals surface area contributed by atoms with E-state index < -0.39 is 21.7 Å². The third-order valence-electron chi connectivity index (χ3n) is 11.9. The van der Waals surface area contributed by atoms with E-state index in [9.17, 15) is 13.8 Å². The molecule has 3 aliphatic carbocycles. The first-order valence-corrected chi connectivity index (χ1v) is 20.4. The molecule has 1 unspecified atom stereocenters. The van der Waals surface area contributed by atoms with Crippen molar-refractivity contribution in [2.24, 2.45) is 22.1 Å². The van der Waals surface area contributed by atoms with Crippen LogP contribution in [0.5, 0.6) is 5.75 Å². The molecule has 9 nitrogen and oxygen atoms in total. The molecule has 2 saturated carbocycles. The number of aryl methyl sites for hydroxylation is 2. The molecule has 8 rings (SSSR count). The molecule has 0 radical (unpaired) electrons. The third kappa shape index (κ3) is 6.89. The molecule has 6 atom stereocenters. The number of rotatable bonds is 4. The minimum Gasteiger partial charge on any atom is -0.490 e. The molecular formula is C41H50N4O5S. The number of hydrogen-bond donors (Lipinski definition) is 1. The highest BCUT2D eigenvalue weighted by Gasteiger charge is 2.44. The molecule has 1 spiro atoms. The number of allylic oxidation sites excluding steroid dienone is 1. The third-order valence-corrected chi connectivity index (χ3v) is 13.9. The molecule has 3 heterocycles. The molecule has 5 aliphatic rings. The zero-order valence-corrected chi connectivity index (χ0v) is 30.8. The molecule has 1 N–H and O–H groups in total. The van der Waals surface area contributed by atoms with Gasteiger partial charge in [0.1, 0.15) is 15.7 Å². The van der Waals surface area contributed by atoms with Gasteiger partial charge in [-0.2, -0.15) is 0 Å². The van der Waals surface area contributed by atoms with Crippen molar-refractivity contribution in [2.75, 3.05) is 37.5 Å². The van der Waals surface area contributed by atoms with Crippen LogP contribution >= 0.6 is 0 Å². The van der Waals surface area contributed by atoms with Gasteiger partial charge >= 0.3 is 0 Å². The number of methoxy groups -OCH3 is 1. The van der Waals surface area contributed by atoms with Crippen molar-refractivity contribution in [3.05, 3.63) is 94.8 Å². The standard InChI is InChI=1S/C41H50N4O5S/c1-27-9-15-35-29(20-27)7-5-18-41(35)25-45-22-31-10-14-34(31)37(49-3)8-4-6-28(2)24-51(48,43-40(47)32-17-19-44(23-32)33-12-13-33)42-39(46)30-11-16-38(50-26-41)36(45)21-30/h4,8-9,11,15-17,19-21,23,28,31,33-34,37H,5-7,10,12-14,18,22,24-26H2,1-3H3,(H,42,43,46,47,48)/b8-4+/t28-,31-,34+,37-,41-,51?/m0/s1. The first-order valence-electron chi connectivity index (χ1n) is 18.7. The quantitative estimate of drug-likeness (QED) is 0.288. The zero-order chi connectivity index (χ0) is 35.3. The van der Waals surface area contributed by atoms with Crippen LogP contribution < -0.4 is 14.4 Å². The average molecular weight is 711 g/mol. The minimum atomic E-state index is -3.48. The molecule has 3 aromatic rings. The summed E-state index contributed by atoms with van der Waals surface area (Å²) >= 11 is 0. The second-order valence-corrected chi connectivity index (χ2v) is 17.8. The molecule has 2 aliphatic heterocycles. The van der Waals surface area contributed by atoms with Crippen LogP contribution in [0, 0.1) is 24.7 Å². The fourth-order valence-corrected chi connectivity index (χ4v) is 10.8. The second kappa shape index (κ2) is 13.6. The average Bonchev–Trinajstić information content (AvgIpc) is 3.85. The van der Waals surface area contributed by atoms with Gasteiger partial charge in [0.05, 0.1) is 29.7 Å². The highest BCUT2D eigenvalue weighted by molar-refractivity contribution is 7.92. The summed E-state index contributed by atoms with van der Waals surface area (Å²) in [7, 11) is -1.69. The molecule has 2 aromatic carbocycles. The molecule has 0 saturated heterocycles. The number of fused-ring (bicyclic) bond motifs is 4. The van der Waals surface area contributed by atoms with Crippen molar-refractivity contribution in [3.63, 3.8) is 0 Å². The fourth-order valence-electron chi connectivity index (χ4n) is 8.88. The molecule has 51 heavy (non-hydrogen) atoms. The van der Waals surface area contributed by atoms with E-state index in [2.05, 4.69) is 51.3 Å². The van der Waals surface area contributed by atoms with E-state index in [1.807, 2.05) is 29.8 Å². The summed E-state index contributed by atoms with van der Waals surface area (Å²) in [5, 5.41) is 0. The van der Waals surface area contributed by atoms with Gasteiger partial charge in [-0.25, -0.2) is 4.21 Å². The maximum atomic E-state index is 14.6. The van der Waals surface area contributed by atoms with Crippen molar-refractivity contribution in [1.29, 1.82) is 0 Å². The van der Waals surface area contributed by atoms with Crippen LogP contribution in [0.25, 0.3) is 0 Å². The number of aromatic nitrogens is 1. The molecule has 2 fully saturated rings. The second-order valence-electron chi connectivity index (χ2n) is 15.8. The number of carbonyl (C=O) groups is 2. The number of anilines is 1. The molecule has 270 valence electrons. The van der Waals surface area contributed by atoms with Gasteiger partial charge in [-0.05, 0) is 111 Å². The summed E-state index contributed by atoms with van der Waals surface area (Å²) in [5.74, 6) is 0.366. The summed E-state index contributed by atoms with van der Waals surface area (Å²) in [6, 6.07) is 14.5. The number of amides is 2. The van der Waals surface area contributed by atoms with E-state index in [0.717, 1.165) is 69.5 Å². The van der Waals surface area contributed by atoms with Gasteiger partial charge in [0.25, 0.3) is 11.8 Å². The normalized spacial score (nSPS) is 31.3. The van der Waals surface area contributed by atoms with Gasteiger partial charge in [-0.3, -0.25) is 14.3 Å². The summed E-state index contributed by atoms with van der Waals surface area (Å²) in [5.41, 5.74) is 5.46. The van der Waals surface area contributed by atoms with E-state index in [0.29, 0.717) is 42.0 Å². The number of nitrogens with one attached hydrogen (secondary N) is 1. The first-order chi connectivity index (χ1) is 24.6. The Kier molecular flexibility index (Phi) is 9.11. The first kappa shape index (κ1) is 34.2. The van der Waals surface area contributed by atoms with Crippen LogP contribution in [0.1, 0.15) is 95.3 Å². The van der Waals surface area contributed by atoms with Crippen LogP contribution in [0.3, 0.4) is 0 Å². The molecule has 2 bridgehead atoms. The van der Waals surface area contributed by atoms with Crippen molar-refractivity contribution >= 4 is 27.4 Å². The van der Waals surface area contributed by atoms with E-state index >= 15 is 0 Å². The number of nitrogens with zero attached hydrogens (tertiary/aromatic N) is 3. The van der Waals surface area contributed by atoms with Crippen LogP contribution in [0.2, 0.25) is 0 Å². The lowest BCUT2D eigenvalue weighted by Crippen LogP contribution is -2.49. The van der Waals surface area contributed by atoms with Gasteiger partial charge < -0.3 is 18.9 Å². The Morgan fingerprint density at radius 2 is 1.98 bits per heavy atom. The summed E-state index contributed by atoms with van der Waals surface area (Å²) in [6.07, 6.45) is 16.1. The lowest BCUT2D eigenvalue weighted by Gasteiger charge is -2.46. The molecular weight excluding hydrogens is 661 g/mol. The molecule has 2 amide bonds. The van der Waals surface area contributed by atoms with Crippen LogP contribution in [0.4, 0.5) is 5.69 Å². The minimum absolute atomic E-state index is 0.0314. The van der Waals surface area contributed by atoms with Crippen molar-refractivity contribution in [3.8, 4) is 5.75 Å². The number of hydrogen-bond acceptors (Lipinski definition) is 6. The van der Waals surface area contributed by atoms with E-state index in [-0.39, 0.29) is 23.2 Å². The van der Waals surface area contributed by atoms with E-state index in [4.69, 9.17) is 9.47 Å². The Labute approximate surface area is 302 Å². The van der Waals surface area contributed by atoms with Crippen LogP contribution in [-0.2, 0) is 26.5 Å². The zero-order valence-electron chi connectivity index (χ0n) is 30.0. The Balaban J connectivity index is 1.18. The predicted molar refractivity (Wildman–Crippen MR) is 200 cm³/mol. The summed E-state index contributed by atoms with van der Waals surface area (Å²) in [6.45, 7) is 6.28. The Hall–Kier alpha value is -3.89. The Morgan fingerprint density at radius 3 is 2.76 bits per heavy atom. The van der Waals surface area contributed by atoms with Gasteiger partial charge in [0.2, 0.25) is 0 Å². The Morgan fingerprint density at radius 1 is 1.12 bits per heavy atom. The highest BCUT2D eigenvalue weighted by Crippen LogP contribution is 2.47. The fraction of sp³-hybridized carbons (Fsp3) is 0.512. The molecule has 10 heteroatoms. The highest BCUT2D eigenvalue weighted by atomic mass is 32.2. The maximum Gasteiger partial charge on any atom is 0.286 e. The van der Waals surface area contributed by atoms with Gasteiger partial charge in [0.15, 0.2) is 0 Å². The molecule has 1 aromatic heterocycles. The summed E-state index contributed by atoms with van der Waals surface area (Å²) < 4.78 is 36.4. The van der Waals surface area contributed by atoms with E-state index in [1.54, 1.807) is 25.4 Å². The van der Waals surface area contributed by atoms with Crippen molar-refractivity contribution in [2.45, 2.75) is 82.8 Å². The number of carbonyl (C=O) groups excluding carboxylic acids is 2. The number of ether oxygens (including phenoxy) is 2.